The van der Waals surface area contributed by atoms with Gasteiger partial charge in [-0.25, -0.2) is 17.9 Å². The number of sulfonamides is 1. The number of fused-ring (bicyclic) bond motifs is 3. The molecular formula is C38H49N5O7S. The minimum atomic E-state index is -3.84. The van der Waals surface area contributed by atoms with Crippen molar-refractivity contribution in [1.82, 2.24) is 14.5 Å². The average Bonchev–Trinajstić information content (AvgIpc) is 3.73. The fraction of sp³-hybridized carbons (Fsp3) is 0.553. The van der Waals surface area contributed by atoms with Crippen molar-refractivity contribution >= 4 is 44.2 Å². The molecule has 1 N–H and O–H groups in total. The largest absolute Gasteiger partial charge is 0.422 e. The van der Waals surface area contributed by atoms with Crippen LogP contribution in [0.15, 0.2) is 33.5 Å². The minimum Gasteiger partial charge on any atom is -0.422 e. The van der Waals surface area contributed by atoms with Crippen LogP contribution < -0.4 is 20.1 Å². The highest BCUT2D eigenvalue weighted by Gasteiger charge is 2.51. The van der Waals surface area contributed by atoms with Gasteiger partial charge in [-0.05, 0) is 102 Å². The highest BCUT2D eigenvalue weighted by molar-refractivity contribution is 7.91. The van der Waals surface area contributed by atoms with Gasteiger partial charge in [0.1, 0.15) is 5.58 Å². The zero-order valence-electron chi connectivity index (χ0n) is 30.5. The Hall–Kier alpha value is -3.94. The van der Waals surface area contributed by atoms with Crippen molar-refractivity contribution in [2.45, 2.75) is 83.2 Å². The number of hydrogen-bond donors (Lipinski definition) is 1. The number of anilines is 2. The Bertz CT molecular complexity index is 2070. The molecule has 1 saturated carbocycles. The van der Waals surface area contributed by atoms with Crippen LogP contribution in [-0.2, 0) is 27.7 Å². The normalized spacial score (nSPS) is 22.0. The number of hydrogen-bond acceptors (Lipinski definition) is 10. The van der Waals surface area contributed by atoms with Crippen LogP contribution in [0, 0.1) is 13.8 Å². The topological polar surface area (TPSA) is 133 Å². The lowest BCUT2D eigenvalue weighted by molar-refractivity contribution is 0.0732. The molecular weight excluding hydrogens is 671 g/mol. The molecule has 2 atom stereocenters. The number of likely N-dealkylation sites (N-methyl/N-ethyl adjacent to an activating group) is 1. The molecule has 0 spiro atoms. The van der Waals surface area contributed by atoms with Crippen LogP contribution >= 0.6 is 0 Å². The fourth-order valence-corrected chi connectivity index (χ4v) is 9.34. The molecule has 2 saturated heterocycles. The molecule has 3 fully saturated rings. The van der Waals surface area contributed by atoms with E-state index in [1.807, 2.05) is 6.92 Å². The van der Waals surface area contributed by atoms with Crippen molar-refractivity contribution in [3.63, 3.8) is 0 Å². The van der Waals surface area contributed by atoms with Crippen molar-refractivity contribution < 1.29 is 27.2 Å². The van der Waals surface area contributed by atoms with Crippen molar-refractivity contribution in [2.24, 2.45) is 0 Å². The number of benzene rings is 2. The molecule has 0 unspecified atom stereocenters. The summed E-state index contributed by atoms with van der Waals surface area (Å²) in [4.78, 5) is 49.6. The van der Waals surface area contributed by atoms with E-state index < -0.39 is 26.3 Å². The summed E-state index contributed by atoms with van der Waals surface area (Å²) < 4.78 is 38.7. The monoisotopic (exact) mass is 719 g/mol. The molecule has 7 rings (SSSR count). The Kier molecular flexibility index (Phi) is 9.20. The van der Waals surface area contributed by atoms with E-state index in [1.54, 1.807) is 37.1 Å². The van der Waals surface area contributed by atoms with Crippen molar-refractivity contribution in [1.29, 1.82) is 0 Å². The van der Waals surface area contributed by atoms with Crippen LogP contribution in [0.2, 0.25) is 0 Å². The fourth-order valence-electron chi connectivity index (χ4n) is 8.10. The molecule has 12 nitrogen and oxygen atoms in total. The molecule has 51 heavy (non-hydrogen) atoms. The molecule has 4 heterocycles. The number of carbonyl (C=O) groups excluding carboxylic acids is 2. The van der Waals surface area contributed by atoms with Gasteiger partial charge in [0.2, 0.25) is 10.0 Å². The van der Waals surface area contributed by atoms with Crippen LogP contribution in [0.5, 0.6) is 0 Å². The van der Waals surface area contributed by atoms with Gasteiger partial charge in [-0.3, -0.25) is 14.5 Å². The molecule has 3 aromatic rings. The number of carbonyl (C=O) groups is 2. The first kappa shape index (κ1) is 35.5. The van der Waals surface area contributed by atoms with Crippen molar-refractivity contribution in [3.05, 3.63) is 68.1 Å². The van der Waals surface area contributed by atoms with Gasteiger partial charge in [-0.1, -0.05) is 0 Å². The summed E-state index contributed by atoms with van der Waals surface area (Å²) in [6, 6.07) is 7.40. The van der Waals surface area contributed by atoms with E-state index in [1.165, 1.54) is 0 Å². The lowest BCUT2D eigenvalue weighted by Crippen LogP contribution is -2.53. The van der Waals surface area contributed by atoms with E-state index in [2.05, 4.69) is 46.4 Å². The van der Waals surface area contributed by atoms with Gasteiger partial charge in [0.25, 0.3) is 11.8 Å². The molecule has 4 aliphatic rings. The maximum atomic E-state index is 14.1. The highest BCUT2D eigenvalue weighted by Crippen LogP contribution is 2.42. The number of rotatable bonds is 8. The standard InChI is InChI=1S/C38H49N5O7S/c1-23-18-31(41-17-16-40(5)27(20-41)22-49-6)25(3)34-33(23)28-11-15-42(21-30(28)37(46)50-34)36(45)26-9-10-29(32(19-26)43-14-7-8-24(43)2)35(44)39-51(47,48)38(4)12-13-38/h9-10,18-19,24,27H,7-8,11-17,20-22H2,1-6H3,(H,39,44)/t24-,27+/m0/s1. The maximum Gasteiger partial charge on any atom is 0.341 e. The Morgan fingerprint density at radius 3 is 2.51 bits per heavy atom. The molecule has 2 amide bonds. The summed E-state index contributed by atoms with van der Waals surface area (Å²) in [5, 5.41) is 0.941. The highest BCUT2D eigenvalue weighted by atomic mass is 32.2. The van der Waals surface area contributed by atoms with Gasteiger partial charge in [-0.15, -0.1) is 0 Å². The molecule has 3 aliphatic heterocycles. The Morgan fingerprint density at radius 2 is 1.82 bits per heavy atom. The van der Waals surface area contributed by atoms with Crippen LogP contribution in [0.25, 0.3) is 11.0 Å². The van der Waals surface area contributed by atoms with E-state index in [-0.39, 0.29) is 30.1 Å². The van der Waals surface area contributed by atoms with Crippen LogP contribution in [-0.4, -0.2) is 100 Å². The second-order valence-electron chi connectivity index (χ2n) is 15.2. The molecule has 13 heteroatoms. The SMILES string of the molecule is COC[C@H]1CN(c2cc(C)c3c4c(c(=O)oc3c2C)CN(C(=O)c2ccc(C(=O)NS(=O)(=O)C3(C)CC3)c(N3CCC[C@@H]3C)c2)CC4)CCN1C. The number of piperazine rings is 1. The summed E-state index contributed by atoms with van der Waals surface area (Å²) in [7, 11) is -0.00217. The molecule has 0 radical (unpaired) electrons. The third-order valence-electron chi connectivity index (χ3n) is 11.7. The number of amides is 2. The smallest absolute Gasteiger partial charge is 0.341 e. The second kappa shape index (κ2) is 13.2. The first-order valence-corrected chi connectivity index (χ1v) is 19.5. The van der Waals surface area contributed by atoms with Crippen molar-refractivity contribution in [3.8, 4) is 0 Å². The minimum absolute atomic E-state index is 0.109. The van der Waals surface area contributed by atoms with E-state index in [4.69, 9.17) is 9.15 Å². The van der Waals surface area contributed by atoms with Crippen LogP contribution in [0.1, 0.15) is 82.5 Å². The predicted molar refractivity (Wildman–Crippen MR) is 197 cm³/mol. The number of aryl methyl sites for hydroxylation is 2. The van der Waals surface area contributed by atoms with E-state index in [0.29, 0.717) is 61.4 Å². The third-order valence-corrected chi connectivity index (χ3v) is 13.9. The predicted octanol–water partition coefficient (Wildman–Crippen LogP) is 3.98. The van der Waals surface area contributed by atoms with Crippen molar-refractivity contribution in [2.75, 3.05) is 63.3 Å². The molecule has 1 aromatic heterocycles. The summed E-state index contributed by atoms with van der Waals surface area (Å²) >= 11 is 0. The lowest BCUT2D eigenvalue weighted by Gasteiger charge is -2.41. The van der Waals surface area contributed by atoms with E-state index >= 15 is 0 Å². The number of ether oxygens (including phenoxy) is 1. The summed E-state index contributed by atoms with van der Waals surface area (Å²) in [5.41, 5.74) is 5.74. The maximum absolute atomic E-state index is 14.1. The number of nitrogens with zero attached hydrogens (tertiary/aromatic N) is 4. The molecule has 1 aliphatic carbocycles. The summed E-state index contributed by atoms with van der Waals surface area (Å²) in [5.74, 6) is -0.953. The molecule has 0 bridgehead atoms. The average molecular weight is 720 g/mol. The van der Waals surface area contributed by atoms with Crippen LogP contribution in [0.3, 0.4) is 0 Å². The van der Waals surface area contributed by atoms with Gasteiger partial charge >= 0.3 is 5.63 Å². The second-order valence-corrected chi connectivity index (χ2v) is 17.4. The van der Waals surface area contributed by atoms with E-state index in [0.717, 1.165) is 60.2 Å². The first-order valence-electron chi connectivity index (χ1n) is 18.0. The lowest BCUT2D eigenvalue weighted by atomic mass is 9.92. The van der Waals surface area contributed by atoms with E-state index in [9.17, 15) is 22.8 Å². The number of methoxy groups -OCH3 is 1. The molecule has 274 valence electrons. The zero-order valence-corrected chi connectivity index (χ0v) is 31.3. The van der Waals surface area contributed by atoms with Gasteiger partial charge in [-0.2, -0.15) is 0 Å². The Morgan fingerprint density at radius 1 is 1.06 bits per heavy atom. The third kappa shape index (κ3) is 6.31. The Labute approximate surface area is 299 Å². The van der Waals surface area contributed by atoms with Gasteiger partial charge in [0.05, 0.1) is 40.8 Å². The number of nitrogens with one attached hydrogen (secondary N) is 1. The molecule has 2 aromatic carbocycles. The quantitative estimate of drug-likeness (QED) is 0.341. The first-order chi connectivity index (χ1) is 24.2. The summed E-state index contributed by atoms with van der Waals surface area (Å²) in [6.07, 6.45) is 3.37. The van der Waals surface area contributed by atoms with Gasteiger partial charge < -0.3 is 23.9 Å². The zero-order chi connectivity index (χ0) is 36.4. The van der Waals surface area contributed by atoms with Crippen LogP contribution in [0.4, 0.5) is 11.4 Å². The Balaban J connectivity index is 1.17. The van der Waals surface area contributed by atoms with Gasteiger partial charge in [0.15, 0.2) is 0 Å². The van der Waals surface area contributed by atoms with Gasteiger partial charge in [0, 0.05) is 68.1 Å². The summed E-state index contributed by atoms with van der Waals surface area (Å²) in [6.45, 7) is 12.2.